The normalized spacial score (nSPS) is 14.6. The average molecular weight is 459 g/mol. The Morgan fingerprint density at radius 3 is 2.55 bits per heavy atom. The van der Waals surface area contributed by atoms with Gasteiger partial charge in [0.25, 0.3) is 0 Å². The van der Waals surface area contributed by atoms with Crippen LogP contribution in [0, 0.1) is 13.8 Å². The van der Waals surface area contributed by atoms with E-state index in [0.29, 0.717) is 35.6 Å². The number of piperazine rings is 1. The number of anilines is 1. The number of aromatic nitrogens is 1. The smallest absolute Gasteiger partial charge is 0.321 e. The third-order valence-electron chi connectivity index (χ3n) is 5.44. The van der Waals surface area contributed by atoms with Gasteiger partial charge in [-0.2, -0.15) is 0 Å². The van der Waals surface area contributed by atoms with E-state index in [0.717, 1.165) is 41.4 Å². The molecule has 0 atom stereocenters. The fourth-order valence-electron chi connectivity index (χ4n) is 3.56. The summed E-state index contributed by atoms with van der Waals surface area (Å²) in [7, 11) is 0. The van der Waals surface area contributed by atoms with Gasteiger partial charge < -0.3 is 14.6 Å². The molecule has 4 rings (SSSR count). The summed E-state index contributed by atoms with van der Waals surface area (Å²) in [6.07, 6.45) is 0. The molecule has 1 aliphatic heterocycles. The summed E-state index contributed by atoms with van der Waals surface area (Å²) in [5.74, 6) is 1.37. The number of urea groups is 1. The SMILES string of the molecule is Cc1ccc(Cl)cc1NC(=O)N1CCN(Cc2nc(-c3cccc(Cl)c3)oc2C)CC1. The fourth-order valence-corrected chi connectivity index (χ4v) is 3.93. The monoisotopic (exact) mass is 458 g/mol. The first-order valence-corrected chi connectivity index (χ1v) is 10.9. The molecule has 0 spiro atoms. The molecule has 1 aliphatic rings. The van der Waals surface area contributed by atoms with Gasteiger partial charge in [0.1, 0.15) is 5.76 Å². The Bertz CT molecular complexity index is 1090. The maximum atomic E-state index is 12.7. The van der Waals surface area contributed by atoms with Crippen LogP contribution < -0.4 is 5.32 Å². The van der Waals surface area contributed by atoms with Gasteiger partial charge in [-0.25, -0.2) is 9.78 Å². The van der Waals surface area contributed by atoms with E-state index in [1.165, 1.54) is 0 Å². The molecule has 0 aliphatic carbocycles. The van der Waals surface area contributed by atoms with Gasteiger partial charge in [0.15, 0.2) is 0 Å². The van der Waals surface area contributed by atoms with Crippen LogP contribution in [0.1, 0.15) is 17.0 Å². The number of hydrogen-bond donors (Lipinski definition) is 1. The van der Waals surface area contributed by atoms with Crippen LogP contribution in [0.25, 0.3) is 11.5 Å². The Morgan fingerprint density at radius 2 is 1.81 bits per heavy atom. The molecule has 1 N–H and O–H groups in total. The van der Waals surface area contributed by atoms with Gasteiger partial charge in [-0.05, 0) is 49.7 Å². The lowest BCUT2D eigenvalue weighted by Gasteiger charge is -2.34. The van der Waals surface area contributed by atoms with Gasteiger partial charge >= 0.3 is 6.03 Å². The second kappa shape index (κ2) is 9.30. The summed E-state index contributed by atoms with van der Waals surface area (Å²) >= 11 is 12.1. The van der Waals surface area contributed by atoms with E-state index in [1.807, 2.05) is 55.1 Å². The highest BCUT2D eigenvalue weighted by Crippen LogP contribution is 2.25. The Kier molecular flexibility index (Phi) is 6.51. The molecule has 2 amide bonds. The lowest BCUT2D eigenvalue weighted by molar-refractivity contribution is 0.141. The highest BCUT2D eigenvalue weighted by Gasteiger charge is 2.23. The predicted octanol–water partition coefficient (Wildman–Crippen LogP) is 5.61. The standard InChI is InChI=1S/C23H24Cl2N4O2/c1-15-6-7-19(25)13-20(15)27-23(30)29-10-8-28(9-11-29)14-21-16(2)31-22(26-21)17-4-3-5-18(24)12-17/h3-7,12-13H,8-11,14H2,1-2H3,(H,27,30). The van der Waals surface area contributed by atoms with Gasteiger partial charge in [-0.3, -0.25) is 4.90 Å². The first-order chi connectivity index (χ1) is 14.9. The van der Waals surface area contributed by atoms with Crippen LogP contribution in [0.3, 0.4) is 0 Å². The number of amides is 2. The van der Waals surface area contributed by atoms with Crippen molar-refractivity contribution >= 4 is 34.9 Å². The van der Waals surface area contributed by atoms with Crippen molar-refractivity contribution in [3.63, 3.8) is 0 Å². The third kappa shape index (κ3) is 5.21. The van der Waals surface area contributed by atoms with Crippen molar-refractivity contribution in [2.75, 3.05) is 31.5 Å². The number of aryl methyl sites for hydroxylation is 2. The summed E-state index contributed by atoms with van der Waals surface area (Å²) in [5, 5.41) is 4.22. The van der Waals surface area contributed by atoms with Crippen molar-refractivity contribution in [1.82, 2.24) is 14.8 Å². The number of halogens is 2. The summed E-state index contributed by atoms with van der Waals surface area (Å²) in [4.78, 5) is 21.4. The van der Waals surface area contributed by atoms with Crippen molar-refractivity contribution in [1.29, 1.82) is 0 Å². The van der Waals surface area contributed by atoms with Crippen molar-refractivity contribution < 1.29 is 9.21 Å². The number of carbonyl (C=O) groups excluding carboxylic acids is 1. The number of oxazole rings is 1. The number of carbonyl (C=O) groups is 1. The average Bonchev–Trinajstić information content (AvgIpc) is 3.11. The maximum Gasteiger partial charge on any atom is 0.321 e. The van der Waals surface area contributed by atoms with E-state index >= 15 is 0 Å². The summed E-state index contributed by atoms with van der Waals surface area (Å²) in [6, 6.07) is 12.9. The molecule has 6 nitrogen and oxygen atoms in total. The van der Waals surface area contributed by atoms with Gasteiger partial charge in [-0.1, -0.05) is 35.3 Å². The zero-order valence-electron chi connectivity index (χ0n) is 17.5. The van der Waals surface area contributed by atoms with Gasteiger partial charge in [0, 0.05) is 54.0 Å². The van der Waals surface area contributed by atoms with Crippen LogP contribution >= 0.6 is 23.2 Å². The Balaban J connectivity index is 1.34. The Morgan fingerprint density at radius 1 is 1.06 bits per heavy atom. The van der Waals surface area contributed by atoms with Crippen molar-refractivity contribution in [3.8, 4) is 11.5 Å². The van der Waals surface area contributed by atoms with Gasteiger partial charge in [0.05, 0.1) is 5.69 Å². The summed E-state index contributed by atoms with van der Waals surface area (Å²) in [6.45, 7) is 7.36. The van der Waals surface area contributed by atoms with Crippen LogP contribution in [-0.2, 0) is 6.54 Å². The van der Waals surface area contributed by atoms with E-state index in [9.17, 15) is 4.79 Å². The van der Waals surface area contributed by atoms with Crippen LogP contribution in [0.4, 0.5) is 10.5 Å². The minimum atomic E-state index is -0.106. The lowest BCUT2D eigenvalue weighted by Crippen LogP contribution is -2.49. The molecule has 1 saturated heterocycles. The molecule has 0 radical (unpaired) electrons. The third-order valence-corrected chi connectivity index (χ3v) is 5.91. The highest BCUT2D eigenvalue weighted by molar-refractivity contribution is 6.31. The molecular weight excluding hydrogens is 435 g/mol. The zero-order chi connectivity index (χ0) is 22.0. The molecule has 3 aromatic rings. The van der Waals surface area contributed by atoms with Crippen molar-refractivity contribution in [2.45, 2.75) is 20.4 Å². The number of benzene rings is 2. The molecule has 0 saturated carbocycles. The van der Waals surface area contributed by atoms with E-state index in [-0.39, 0.29) is 6.03 Å². The summed E-state index contributed by atoms with van der Waals surface area (Å²) < 4.78 is 5.86. The molecule has 1 fully saturated rings. The van der Waals surface area contributed by atoms with Crippen LogP contribution in [0.5, 0.6) is 0 Å². The van der Waals surface area contributed by atoms with E-state index < -0.39 is 0 Å². The highest BCUT2D eigenvalue weighted by atomic mass is 35.5. The molecule has 2 heterocycles. The Labute approximate surface area is 191 Å². The number of nitrogens with zero attached hydrogens (tertiary/aromatic N) is 3. The summed E-state index contributed by atoms with van der Waals surface area (Å²) in [5.41, 5.74) is 3.49. The molecule has 162 valence electrons. The quantitative estimate of drug-likeness (QED) is 0.551. The van der Waals surface area contributed by atoms with Crippen LogP contribution in [0.2, 0.25) is 10.0 Å². The number of nitrogens with one attached hydrogen (secondary N) is 1. The molecule has 1 aromatic heterocycles. The second-order valence-electron chi connectivity index (χ2n) is 7.68. The molecule has 0 unspecified atom stereocenters. The fraction of sp³-hybridized carbons (Fsp3) is 0.304. The minimum absolute atomic E-state index is 0.106. The van der Waals surface area contributed by atoms with E-state index in [2.05, 4.69) is 15.2 Å². The van der Waals surface area contributed by atoms with Crippen LogP contribution in [-0.4, -0.2) is 47.0 Å². The number of rotatable bonds is 4. The number of hydrogen-bond acceptors (Lipinski definition) is 4. The largest absolute Gasteiger partial charge is 0.441 e. The van der Waals surface area contributed by atoms with Gasteiger partial charge in [0.2, 0.25) is 5.89 Å². The van der Waals surface area contributed by atoms with Crippen molar-refractivity contribution in [2.24, 2.45) is 0 Å². The lowest BCUT2D eigenvalue weighted by atomic mass is 10.2. The van der Waals surface area contributed by atoms with Crippen LogP contribution in [0.15, 0.2) is 46.9 Å². The topological polar surface area (TPSA) is 61.6 Å². The Hall–Kier alpha value is -2.54. The van der Waals surface area contributed by atoms with Gasteiger partial charge in [-0.15, -0.1) is 0 Å². The molecule has 8 heteroatoms. The first kappa shape index (κ1) is 21.7. The molecular formula is C23H24Cl2N4O2. The first-order valence-electron chi connectivity index (χ1n) is 10.2. The van der Waals surface area contributed by atoms with E-state index in [1.54, 1.807) is 6.07 Å². The van der Waals surface area contributed by atoms with E-state index in [4.69, 9.17) is 27.6 Å². The second-order valence-corrected chi connectivity index (χ2v) is 8.56. The minimum Gasteiger partial charge on any atom is -0.441 e. The van der Waals surface area contributed by atoms with Crippen molar-refractivity contribution in [3.05, 3.63) is 69.5 Å². The zero-order valence-corrected chi connectivity index (χ0v) is 19.0. The molecule has 0 bridgehead atoms. The maximum absolute atomic E-state index is 12.7. The molecule has 31 heavy (non-hydrogen) atoms. The molecule has 2 aromatic carbocycles. The predicted molar refractivity (Wildman–Crippen MR) is 124 cm³/mol.